The third-order valence-electron chi connectivity index (χ3n) is 2.69. The monoisotopic (exact) mass is 232 g/mol. The highest BCUT2D eigenvalue weighted by Gasteiger charge is 2.13. The number of rotatable bonds is 3. The summed E-state index contributed by atoms with van der Waals surface area (Å²) in [6, 6.07) is 7.46. The van der Waals surface area contributed by atoms with Gasteiger partial charge in [0.1, 0.15) is 0 Å². The second-order valence-electron chi connectivity index (χ2n) is 4.31. The van der Waals surface area contributed by atoms with Crippen molar-refractivity contribution in [2.24, 2.45) is 0 Å². The average Bonchev–Trinajstić information content (AvgIpc) is 2.73. The first-order valence-corrected chi connectivity index (χ1v) is 5.58. The Morgan fingerprint density at radius 2 is 2.24 bits per heavy atom. The van der Waals surface area contributed by atoms with Crippen molar-refractivity contribution >= 4 is 16.8 Å². The normalized spacial score (nSPS) is 12.6. The van der Waals surface area contributed by atoms with E-state index in [1.54, 1.807) is 20.0 Å². The van der Waals surface area contributed by atoms with Crippen LogP contribution >= 0.6 is 0 Å². The van der Waals surface area contributed by atoms with Gasteiger partial charge in [0.25, 0.3) is 5.91 Å². The van der Waals surface area contributed by atoms with Crippen LogP contribution in [0.1, 0.15) is 17.3 Å². The first-order valence-electron chi connectivity index (χ1n) is 5.58. The number of aliphatic hydroxyl groups excluding tert-OH is 1. The van der Waals surface area contributed by atoms with E-state index in [2.05, 4.69) is 4.98 Å². The van der Waals surface area contributed by atoms with E-state index in [1.165, 1.54) is 4.90 Å². The minimum atomic E-state index is -0.514. The predicted octanol–water partition coefficient (Wildman–Crippen LogP) is 1.62. The summed E-state index contributed by atoms with van der Waals surface area (Å²) in [5.74, 6) is -0.0750. The minimum Gasteiger partial charge on any atom is -0.392 e. The molecule has 1 heterocycles. The Morgan fingerprint density at radius 3 is 2.94 bits per heavy atom. The van der Waals surface area contributed by atoms with Crippen molar-refractivity contribution in [2.45, 2.75) is 13.0 Å². The van der Waals surface area contributed by atoms with Crippen LogP contribution in [0.15, 0.2) is 30.5 Å². The van der Waals surface area contributed by atoms with Gasteiger partial charge in [-0.2, -0.15) is 0 Å². The van der Waals surface area contributed by atoms with E-state index >= 15 is 0 Å². The molecule has 0 bridgehead atoms. The van der Waals surface area contributed by atoms with Crippen LogP contribution in [0.4, 0.5) is 0 Å². The van der Waals surface area contributed by atoms with Crippen LogP contribution in [0.3, 0.4) is 0 Å². The van der Waals surface area contributed by atoms with Gasteiger partial charge in [-0.1, -0.05) is 0 Å². The fraction of sp³-hybridized carbons (Fsp3) is 0.308. The van der Waals surface area contributed by atoms with Gasteiger partial charge in [-0.3, -0.25) is 4.79 Å². The van der Waals surface area contributed by atoms with Crippen LogP contribution in [0.2, 0.25) is 0 Å². The summed E-state index contributed by atoms with van der Waals surface area (Å²) in [5, 5.41) is 10.3. The lowest BCUT2D eigenvalue weighted by Crippen LogP contribution is -2.32. The number of aliphatic hydroxyl groups is 1. The number of hydrogen-bond acceptors (Lipinski definition) is 2. The third-order valence-corrected chi connectivity index (χ3v) is 2.69. The molecule has 2 rings (SSSR count). The third kappa shape index (κ3) is 2.47. The molecule has 4 heteroatoms. The standard InChI is InChI=1S/C13H16N2O2/c1-9(16)8-15(2)13(17)11-3-4-12-10(7-11)5-6-14-12/h3-7,9,14,16H,8H2,1-2H3. The molecule has 2 aromatic rings. The highest BCUT2D eigenvalue weighted by atomic mass is 16.3. The Labute approximate surface area is 99.9 Å². The van der Waals surface area contributed by atoms with Crippen molar-refractivity contribution in [3.8, 4) is 0 Å². The first-order chi connectivity index (χ1) is 8.08. The quantitative estimate of drug-likeness (QED) is 0.845. The fourth-order valence-electron chi connectivity index (χ4n) is 1.89. The van der Waals surface area contributed by atoms with Crippen molar-refractivity contribution in [3.63, 3.8) is 0 Å². The molecule has 1 aromatic carbocycles. The number of nitrogens with one attached hydrogen (secondary N) is 1. The molecule has 0 saturated heterocycles. The van der Waals surface area contributed by atoms with Crippen LogP contribution in [-0.4, -0.2) is 40.6 Å². The van der Waals surface area contributed by atoms with Gasteiger partial charge in [0.2, 0.25) is 0 Å². The second kappa shape index (κ2) is 4.59. The number of carbonyl (C=O) groups excluding carboxylic acids is 1. The Balaban J connectivity index is 2.23. The van der Waals surface area contributed by atoms with Gasteiger partial charge < -0.3 is 15.0 Å². The molecule has 1 aromatic heterocycles. The number of H-pyrrole nitrogens is 1. The molecule has 0 aliphatic carbocycles. The van der Waals surface area contributed by atoms with E-state index in [1.807, 2.05) is 24.4 Å². The number of aromatic amines is 1. The van der Waals surface area contributed by atoms with Gasteiger partial charge in [-0.05, 0) is 31.2 Å². The van der Waals surface area contributed by atoms with Crippen LogP contribution in [-0.2, 0) is 0 Å². The maximum atomic E-state index is 12.1. The molecule has 1 atom stereocenters. The van der Waals surface area contributed by atoms with Crippen molar-refractivity contribution in [2.75, 3.05) is 13.6 Å². The van der Waals surface area contributed by atoms with Gasteiger partial charge in [0, 0.05) is 36.3 Å². The van der Waals surface area contributed by atoms with Crippen molar-refractivity contribution in [1.82, 2.24) is 9.88 Å². The Kier molecular flexibility index (Phi) is 3.15. The van der Waals surface area contributed by atoms with Crippen molar-refractivity contribution in [1.29, 1.82) is 0 Å². The van der Waals surface area contributed by atoms with Crippen molar-refractivity contribution < 1.29 is 9.90 Å². The SMILES string of the molecule is CC(O)CN(C)C(=O)c1ccc2[nH]ccc2c1. The molecule has 1 unspecified atom stereocenters. The largest absolute Gasteiger partial charge is 0.392 e. The molecule has 1 amide bonds. The number of likely N-dealkylation sites (N-methyl/N-ethyl adjacent to an activating group) is 1. The predicted molar refractivity (Wildman–Crippen MR) is 66.9 cm³/mol. The molecule has 2 N–H and O–H groups in total. The lowest BCUT2D eigenvalue weighted by molar-refractivity contribution is 0.0704. The van der Waals surface area contributed by atoms with Crippen LogP contribution in [0.5, 0.6) is 0 Å². The Bertz CT molecular complexity index is 531. The highest BCUT2D eigenvalue weighted by molar-refractivity contribution is 5.97. The number of amides is 1. The molecule has 0 spiro atoms. The summed E-state index contributed by atoms with van der Waals surface area (Å²) in [7, 11) is 1.69. The summed E-state index contributed by atoms with van der Waals surface area (Å²) in [6.45, 7) is 2.00. The van der Waals surface area contributed by atoms with E-state index in [9.17, 15) is 9.90 Å². The molecule has 0 aliphatic rings. The topological polar surface area (TPSA) is 56.3 Å². The maximum absolute atomic E-state index is 12.1. The minimum absolute atomic E-state index is 0.0750. The van der Waals surface area contributed by atoms with E-state index in [0.717, 1.165) is 10.9 Å². The maximum Gasteiger partial charge on any atom is 0.253 e. The lowest BCUT2D eigenvalue weighted by Gasteiger charge is -2.18. The van der Waals surface area contributed by atoms with Gasteiger partial charge in [-0.15, -0.1) is 0 Å². The average molecular weight is 232 g/mol. The van der Waals surface area contributed by atoms with E-state index < -0.39 is 6.10 Å². The van der Waals surface area contributed by atoms with Crippen LogP contribution in [0.25, 0.3) is 10.9 Å². The van der Waals surface area contributed by atoms with Crippen molar-refractivity contribution in [3.05, 3.63) is 36.0 Å². The summed E-state index contributed by atoms with van der Waals surface area (Å²) in [5.41, 5.74) is 1.65. The first kappa shape index (κ1) is 11.7. The number of fused-ring (bicyclic) bond motifs is 1. The number of hydrogen-bond donors (Lipinski definition) is 2. The summed E-state index contributed by atoms with van der Waals surface area (Å²) in [6.07, 6.45) is 1.33. The van der Waals surface area contributed by atoms with Crippen LogP contribution in [0, 0.1) is 0 Å². The molecule has 0 saturated carbocycles. The van der Waals surface area contributed by atoms with E-state index in [-0.39, 0.29) is 5.91 Å². The zero-order valence-electron chi connectivity index (χ0n) is 9.97. The zero-order valence-corrected chi connectivity index (χ0v) is 9.97. The molecule has 17 heavy (non-hydrogen) atoms. The number of nitrogens with zero attached hydrogens (tertiary/aromatic N) is 1. The fourth-order valence-corrected chi connectivity index (χ4v) is 1.89. The summed E-state index contributed by atoms with van der Waals surface area (Å²) < 4.78 is 0. The molecular weight excluding hydrogens is 216 g/mol. The zero-order chi connectivity index (χ0) is 12.4. The Hall–Kier alpha value is -1.81. The molecular formula is C13H16N2O2. The molecule has 4 nitrogen and oxygen atoms in total. The summed E-state index contributed by atoms with van der Waals surface area (Å²) in [4.78, 5) is 16.7. The van der Waals surface area contributed by atoms with Crippen LogP contribution < -0.4 is 0 Å². The second-order valence-corrected chi connectivity index (χ2v) is 4.31. The van der Waals surface area contributed by atoms with E-state index in [0.29, 0.717) is 12.1 Å². The van der Waals surface area contributed by atoms with E-state index in [4.69, 9.17) is 0 Å². The summed E-state index contributed by atoms with van der Waals surface area (Å²) >= 11 is 0. The molecule has 0 fully saturated rings. The van der Waals surface area contributed by atoms with Gasteiger partial charge in [0.15, 0.2) is 0 Å². The smallest absolute Gasteiger partial charge is 0.253 e. The number of carbonyl (C=O) groups is 1. The molecule has 0 aliphatic heterocycles. The lowest BCUT2D eigenvalue weighted by atomic mass is 10.1. The molecule has 0 radical (unpaired) electrons. The van der Waals surface area contributed by atoms with Gasteiger partial charge in [-0.25, -0.2) is 0 Å². The number of aromatic nitrogens is 1. The molecule has 90 valence electrons. The van der Waals surface area contributed by atoms with Gasteiger partial charge in [0.05, 0.1) is 6.10 Å². The Morgan fingerprint density at radius 1 is 1.47 bits per heavy atom. The van der Waals surface area contributed by atoms with Gasteiger partial charge >= 0.3 is 0 Å². The number of benzene rings is 1. The highest BCUT2D eigenvalue weighted by Crippen LogP contribution is 2.15.